The van der Waals surface area contributed by atoms with Crippen LogP contribution in [0.2, 0.25) is 0 Å². The largest absolute Gasteiger partial charge is 0.494 e. The van der Waals surface area contributed by atoms with Crippen LogP contribution in [-0.4, -0.2) is 17.5 Å². The maximum Gasteiger partial charge on any atom is 0.257 e. The maximum atomic E-state index is 12.4. The predicted molar refractivity (Wildman–Crippen MR) is 107 cm³/mol. The second kappa shape index (κ2) is 8.45. The van der Waals surface area contributed by atoms with Crippen LogP contribution < -0.4 is 10.1 Å². The van der Waals surface area contributed by atoms with Crippen molar-refractivity contribution in [1.29, 1.82) is 0 Å². The van der Waals surface area contributed by atoms with Crippen molar-refractivity contribution in [2.45, 2.75) is 26.2 Å². The van der Waals surface area contributed by atoms with Crippen LogP contribution in [0, 0.1) is 0 Å². The quantitative estimate of drug-likeness (QED) is 0.487. The van der Waals surface area contributed by atoms with Gasteiger partial charge in [0.25, 0.3) is 5.91 Å². The fraction of sp³-hybridized carbons (Fsp3) is 0.263. The van der Waals surface area contributed by atoms with Crippen LogP contribution in [0.15, 0.2) is 46.9 Å². The Kier molecular flexibility index (Phi) is 6.04. The van der Waals surface area contributed by atoms with Gasteiger partial charge in [0.1, 0.15) is 5.75 Å². The fourth-order valence-corrected chi connectivity index (χ4v) is 3.78. The third-order valence-corrected chi connectivity index (χ3v) is 5.13. The maximum absolute atomic E-state index is 12.4. The summed E-state index contributed by atoms with van der Waals surface area (Å²) in [6.45, 7) is 2.87. The third kappa shape index (κ3) is 4.80. The van der Waals surface area contributed by atoms with Gasteiger partial charge in [-0.05, 0) is 48.9 Å². The summed E-state index contributed by atoms with van der Waals surface area (Å²) in [5.41, 5.74) is 1.46. The molecule has 0 unspecified atom stereocenters. The zero-order chi connectivity index (χ0) is 17.6. The monoisotopic (exact) mass is 418 g/mol. The molecule has 0 radical (unpaired) electrons. The number of amides is 1. The summed E-state index contributed by atoms with van der Waals surface area (Å²) in [4.78, 5) is 16.8. The van der Waals surface area contributed by atoms with Gasteiger partial charge in [0.15, 0.2) is 5.13 Å². The van der Waals surface area contributed by atoms with E-state index >= 15 is 0 Å². The Bertz CT molecular complexity index is 861. The number of hydrogen-bond donors (Lipinski definition) is 1. The fourth-order valence-electron chi connectivity index (χ4n) is 2.37. The molecule has 130 valence electrons. The summed E-state index contributed by atoms with van der Waals surface area (Å²) >= 11 is 4.90. The van der Waals surface area contributed by atoms with Crippen molar-refractivity contribution in [1.82, 2.24) is 4.98 Å². The van der Waals surface area contributed by atoms with Crippen LogP contribution in [0.25, 0.3) is 10.2 Å². The predicted octanol–water partition coefficient (Wildman–Crippen LogP) is 5.88. The second-order valence-electron chi connectivity index (χ2n) is 5.67. The Morgan fingerprint density at radius 3 is 2.76 bits per heavy atom. The number of carbonyl (C=O) groups excluding carboxylic acids is 1. The van der Waals surface area contributed by atoms with Gasteiger partial charge in [0.05, 0.1) is 16.8 Å². The van der Waals surface area contributed by atoms with Gasteiger partial charge < -0.3 is 4.74 Å². The zero-order valence-corrected chi connectivity index (χ0v) is 16.3. The number of rotatable bonds is 7. The highest BCUT2D eigenvalue weighted by atomic mass is 79.9. The Morgan fingerprint density at radius 2 is 2.00 bits per heavy atom. The summed E-state index contributed by atoms with van der Waals surface area (Å²) in [6.07, 6.45) is 3.39. The number of benzene rings is 2. The molecule has 1 heterocycles. The Hall–Kier alpha value is -1.92. The van der Waals surface area contributed by atoms with Gasteiger partial charge in [0, 0.05) is 10.0 Å². The molecule has 0 atom stereocenters. The van der Waals surface area contributed by atoms with E-state index in [-0.39, 0.29) is 5.91 Å². The molecule has 3 aromatic rings. The molecule has 1 aromatic heterocycles. The van der Waals surface area contributed by atoms with E-state index in [9.17, 15) is 4.79 Å². The zero-order valence-electron chi connectivity index (χ0n) is 13.9. The Labute approximate surface area is 159 Å². The number of unbranched alkanes of at least 4 members (excludes halogenated alkanes) is 2. The molecule has 1 N–H and O–H groups in total. The summed E-state index contributed by atoms with van der Waals surface area (Å²) in [5.74, 6) is 0.619. The van der Waals surface area contributed by atoms with Gasteiger partial charge >= 0.3 is 0 Å². The Morgan fingerprint density at radius 1 is 1.20 bits per heavy atom. The molecule has 0 bridgehead atoms. The second-order valence-corrected chi connectivity index (χ2v) is 7.61. The van der Waals surface area contributed by atoms with Crippen molar-refractivity contribution >= 4 is 48.5 Å². The van der Waals surface area contributed by atoms with Crippen molar-refractivity contribution < 1.29 is 9.53 Å². The smallest absolute Gasteiger partial charge is 0.257 e. The standard InChI is InChI=1S/C19H19BrN2O2S/c1-2-3-4-11-24-15-8-5-13(6-9-15)18(23)22-19-21-16-10-7-14(20)12-17(16)25-19/h5-10,12H,2-4,11H2,1H3,(H,21,22,23). The summed E-state index contributed by atoms with van der Waals surface area (Å²) in [7, 11) is 0. The van der Waals surface area contributed by atoms with Crippen molar-refractivity contribution in [3.05, 3.63) is 52.5 Å². The van der Waals surface area contributed by atoms with E-state index < -0.39 is 0 Å². The lowest BCUT2D eigenvalue weighted by atomic mass is 10.2. The first kappa shape index (κ1) is 17.9. The number of carbonyl (C=O) groups is 1. The van der Waals surface area contributed by atoms with E-state index in [0.29, 0.717) is 17.3 Å². The Balaban J connectivity index is 1.62. The topological polar surface area (TPSA) is 51.2 Å². The average molecular weight is 419 g/mol. The normalized spacial score (nSPS) is 10.8. The van der Waals surface area contributed by atoms with Gasteiger partial charge in [-0.25, -0.2) is 4.98 Å². The highest BCUT2D eigenvalue weighted by molar-refractivity contribution is 9.10. The molecule has 25 heavy (non-hydrogen) atoms. The van der Waals surface area contributed by atoms with Gasteiger partial charge in [-0.1, -0.05) is 47.0 Å². The van der Waals surface area contributed by atoms with E-state index in [1.54, 1.807) is 12.1 Å². The number of aromatic nitrogens is 1. The van der Waals surface area contributed by atoms with Crippen LogP contribution >= 0.6 is 27.3 Å². The van der Waals surface area contributed by atoms with Crippen LogP contribution in [0.5, 0.6) is 5.75 Å². The summed E-state index contributed by atoms with van der Waals surface area (Å²) in [5, 5.41) is 3.45. The summed E-state index contributed by atoms with van der Waals surface area (Å²) < 4.78 is 7.69. The minimum Gasteiger partial charge on any atom is -0.494 e. The average Bonchev–Trinajstić information content (AvgIpc) is 3.00. The molecule has 0 aliphatic rings. The number of nitrogens with one attached hydrogen (secondary N) is 1. The molecule has 0 saturated carbocycles. The number of fused-ring (bicyclic) bond motifs is 1. The first-order valence-corrected chi connectivity index (χ1v) is 9.87. The van der Waals surface area contributed by atoms with E-state index in [4.69, 9.17) is 4.74 Å². The van der Waals surface area contributed by atoms with Gasteiger partial charge in [-0.15, -0.1) is 0 Å². The van der Waals surface area contributed by atoms with Crippen molar-refractivity contribution in [2.24, 2.45) is 0 Å². The molecular weight excluding hydrogens is 400 g/mol. The van der Waals surface area contributed by atoms with Crippen molar-refractivity contribution in [2.75, 3.05) is 11.9 Å². The van der Waals surface area contributed by atoms with Crippen LogP contribution in [0.3, 0.4) is 0 Å². The minimum atomic E-state index is -0.171. The molecule has 0 aliphatic heterocycles. The molecular formula is C19H19BrN2O2S. The molecule has 0 aliphatic carbocycles. The molecule has 0 fully saturated rings. The van der Waals surface area contributed by atoms with Crippen LogP contribution in [-0.2, 0) is 0 Å². The van der Waals surface area contributed by atoms with E-state index in [2.05, 4.69) is 33.2 Å². The number of ether oxygens (including phenoxy) is 1. The van der Waals surface area contributed by atoms with E-state index in [1.165, 1.54) is 24.2 Å². The number of anilines is 1. The number of hydrogen-bond acceptors (Lipinski definition) is 4. The molecule has 1 amide bonds. The number of nitrogens with zero attached hydrogens (tertiary/aromatic N) is 1. The summed E-state index contributed by atoms with van der Waals surface area (Å²) in [6, 6.07) is 13.1. The van der Waals surface area contributed by atoms with Crippen molar-refractivity contribution in [3.63, 3.8) is 0 Å². The number of thiazole rings is 1. The molecule has 0 spiro atoms. The third-order valence-electron chi connectivity index (χ3n) is 3.70. The minimum absolute atomic E-state index is 0.171. The van der Waals surface area contributed by atoms with Gasteiger partial charge in [0.2, 0.25) is 0 Å². The SMILES string of the molecule is CCCCCOc1ccc(C(=O)Nc2nc3ccc(Br)cc3s2)cc1. The van der Waals surface area contributed by atoms with Crippen LogP contribution in [0.4, 0.5) is 5.13 Å². The molecule has 0 saturated heterocycles. The molecule has 2 aromatic carbocycles. The highest BCUT2D eigenvalue weighted by Gasteiger charge is 2.10. The molecule has 3 rings (SSSR count). The lowest BCUT2D eigenvalue weighted by Gasteiger charge is -2.06. The van der Waals surface area contributed by atoms with Crippen LogP contribution in [0.1, 0.15) is 36.5 Å². The highest BCUT2D eigenvalue weighted by Crippen LogP contribution is 2.28. The number of halogens is 1. The van der Waals surface area contributed by atoms with E-state index in [1.807, 2.05) is 30.3 Å². The first-order valence-electron chi connectivity index (χ1n) is 8.26. The first-order chi connectivity index (χ1) is 12.2. The molecule has 4 nitrogen and oxygen atoms in total. The van der Waals surface area contributed by atoms with Gasteiger partial charge in [-0.2, -0.15) is 0 Å². The lowest BCUT2D eigenvalue weighted by molar-refractivity contribution is 0.102. The molecule has 6 heteroatoms. The lowest BCUT2D eigenvalue weighted by Crippen LogP contribution is -2.11. The van der Waals surface area contributed by atoms with Gasteiger partial charge in [-0.3, -0.25) is 10.1 Å². The van der Waals surface area contributed by atoms with E-state index in [0.717, 1.165) is 26.9 Å². The van der Waals surface area contributed by atoms with Crippen molar-refractivity contribution in [3.8, 4) is 5.75 Å².